The molecule has 0 spiro atoms. The molecular weight excluding hydrogens is 500 g/mol. The SMILES string of the molecule is CC.CC.CC.CC.[C-]#[N+]/C(C)=C/c1ccc(N(C)C)cc1.[C-]#[N+]/C(C)=C/c1ccc2c(c1)C(C)CC(C)(C)N2C. The number of fused-ring (bicyclic) bond motifs is 1. The van der Waals surface area contributed by atoms with Crippen LogP contribution in [-0.2, 0) is 0 Å². The lowest BCUT2D eigenvalue weighted by atomic mass is 9.80. The number of benzene rings is 2. The molecule has 0 aromatic heterocycles. The summed E-state index contributed by atoms with van der Waals surface area (Å²) in [7, 11) is 6.19. The molecular formula is C37H60N4. The van der Waals surface area contributed by atoms with E-state index in [1.165, 1.54) is 16.9 Å². The van der Waals surface area contributed by atoms with Gasteiger partial charge in [-0.3, -0.25) is 0 Å². The van der Waals surface area contributed by atoms with Crippen LogP contribution in [0.25, 0.3) is 21.8 Å². The van der Waals surface area contributed by atoms with Crippen molar-refractivity contribution in [2.75, 3.05) is 30.9 Å². The van der Waals surface area contributed by atoms with E-state index >= 15 is 0 Å². The second-order valence-corrected chi connectivity index (χ2v) is 9.58. The summed E-state index contributed by atoms with van der Waals surface area (Å²) in [6.45, 7) is 40.4. The number of hydrogen-bond acceptors (Lipinski definition) is 2. The van der Waals surface area contributed by atoms with Gasteiger partial charge in [0.25, 0.3) is 0 Å². The Labute approximate surface area is 255 Å². The third-order valence-corrected chi connectivity index (χ3v) is 6.17. The predicted octanol–water partition coefficient (Wildman–Crippen LogP) is 11.8. The molecule has 4 heteroatoms. The average molecular weight is 561 g/mol. The Hall–Kier alpha value is -3.50. The van der Waals surface area contributed by atoms with Gasteiger partial charge in [-0.25, -0.2) is 9.69 Å². The predicted molar refractivity (Wildman–Crippen MR) is 189 cm³/mol. The quantitative estimate of drug-likeness (QED) is 0.347. The molecule has 1 aliphatic heterocycles. The van der Waals surface area contributed by atoms with Crippen molar-refractivity contribution in [3.8, 4) is 0 Å². The number of nitrogens with zero attached hydrogens (tertiary/aromatic N) is 4. The molecule has 0 aliphatic carbocycles. The topological polar surface area (TPSA) is 15.2 Å². The summed E-state index contributed by atoms with van der Waals surface area (Å²) >= 11 is 0. The van der Waals surface area contributed by atoms with E-state index < -0.39 is 0 Å². The molecule has 0 radical (unpaired) electrons. The Morgan fingerprint density at radius 3 is 1.63 bits per heavy atom. The maximum absolute atomic E-state index is 7.02. The molecule has 2 aromatic carbocycles. The summed E-state index contributed by atoms with van der Waals surface area (Å²) in [6, 6.07) is 14.7. The Morgan fingerprint density at radius 2 is 1.22 bits per heavy atom. The first kappa shape index (κ1) is 42.0. The van der Waals surface area contributed by atoms with Crippen molar-refractivity contribution >= 4 is 23.5 Å². The summed E-state index contributed by atoms with van der Waals surface area (Å²) < 4.78 is 0. The van der Waals surface area contributed by atoms with Crippen LogP contribution in [0.3, 0.4) is 0 Å². The molecule has 4 nitrogen and oxygen atoms in total. The lowest BCUT2D eigenvalue weighted by Crippen LogP contribution is -2.45. The number of allylic oxidation sites excluding steroid dienone is 2. The molecule has 1 aliphatic rings. The van der Waals surface area contributed by atoms with E-state index in [1.807, 2.05) is 120 Å². The highest BCUT2D eigenvalue weighted by atomic mass is 15.2. The van der Waals surface area contributed by atoms with Crippen LogP contribution < -0.4 is 9.80 Å². The monoisotopic (exact) mass is 560 g/mol. The Morgan fingerprint density at radius 1 is 0.805 bits per heavy atom. The van der Waals surface area contributed by atoms with Crippen molar-refractivity contribution in [3.63, 3.8) is 0 Å². The molecule has 228 valence electrons. The van der Waals surface area contributed by atoms with Gasteiger partial charge >= 0.3 is 0 Å². The van der Waals surface area contributed by atoms with Crippen molar-refractivity contribution < 1.29 is 0 Å². The molecule has 0 amide bonds. The fourth-order valence-corrected chi connectivity index (χ4v) is 4.10. The van der Waals surface area contributed by atoms with E-state index in [2.05, 4.69) is 65.5 Å². The van der Waals surface area contributed by atoms with Gasteiger partial charge in [0.05, 0.1) is 13.1 Å². The largest absolute Gasteiger partial charge is 0.378 e. The van der Waals surface area contributed by atoms with Crippen LogP contribution in [-0.4, -0.2) is 26.7 Å². The van der Waals surface area contributed by atoms with Crippen LogP contribution in [0.5, 0.6) is 0 Å². The minimum Gasteiger partial charge on any atom is -0.378 e. The highest BCUT2D eigenvalue weighted by molar-refractivity contribution is 5.65. The molecule has 2 aromatic rings. The summed E-state index contributed by atoms with van der Waals surface area (Å²) in [6.07, 6.45) is 5.00. The maximum atomic E-state index is 7.02. The Bertz CT molecular complexity index is 1110. The highest BCUT2D eigenvalue weighted by Crippen LogP contribution is 2.42. The van der Waals surface area contributed by atoms with Crippen molar-refractivity contribution in [1.29, 1.82) is 0 Å². The molecule has 0 saturated heterocycles. The normalized spacial score (nSPS) is 14.4. The van der Waals surface area contributed by atoms with Gasteiger partial charge in [0, 0.05) is 38.1 Å². The first-order valence-electron chi connectivity index (χ1n) is 15.2. The van der Waals surface area contributed by atoms with Crippen molar-refractivity contribution in [3.05, 3.63) is 93.4 Å². The fourth-order valence-electron chi connectivity index (χ4n) is 4.10. The van der Waals surface area contributed by atoms with Crippen molar-refractivity contribution in [2.45, 2.75) is 108 Å². The third-order valence-electron chi connectivity index (χ3n) is 6.17. The first-order valence-corrected chi connectivity index (χ1v) is 15.2. The van der Waals surface area contributed by atoms with Gasteiger partial charge in [-0.15, -0.1) is 0 Å². The zero-order chi connectivity index (χ0) is 32.8. The summed E-state index contributed by atoms with van der Waals surface area (Å²) in [4.78, 5) is 11.2. The zero-order valence-corrected chi connectivity index (χ0v) is 29.3. The fraction of sp³-hybridized carbons (Fsp3) is 0.514. The lowest BCUT2D eigenvalue weighted by Gasteiger charge is -2.45. The van der Waals surface area contributed by atoms with E-state index in [0.717, 1.165) is 23.2 Å². The first-order chi connectivity index (χ1) is 19.5. The van der Waals surface area contributed by atoms with Crippen LogP contribution in [0.2, 0.25) is 0 Å². The van der Waals surface area contributed by atoms with Gasteiger partial charge in [-0.1, -0.05) is 98.7 Å². The van der Waals surface area contributed by atoms with Crippen molar-refractivity contribution in [2.24, 2.45) is 0 Å². The van der Waals surface area contributed by atoms with Gasteiger partial charge in [0.2, 0.25) is 0 Å². The van der Waals surface area contributed by atoms with Gasteiger partial charge in [0.15, 0.2) is 11.4 Å². The van der Waals surface area contributed by atoms with Gasteiger partial charge < -0.3 is 9.80 Å². The van der Waals surface area contributed by atoms with Crippen molar-refractivity contribution in [1.82, 2.24) is 0 Å². The molecule has 0 N–H and O–H groups in total. The molecule has 1 atom stereocenters. The minimum absolute atomic E-state index is 0.205. The van der Waals surface area contributed by atoms with E-state index in [1.54, 1.807) is 0 Å². The second-order valence-electron chi connectivity index (χ2n) is 9.58. The highest BCUT2D eigenvalue weighted by Gasteiger charge is 2.33. The molecule has 3 rings (SSSR count). The Balaban J connectivity index is -0.000000581. The standard InChI is InChI=1S/C17H22N2.C12H14N2.4C2H6/c1-12-11-17(3,4)19(6)16-8-7-14(10-15(12)16)9-13(2)18-5;1-10(13-2)9-11-5-7-12(8-6-11)14(3)4;4*1-2/h7-10,12H,11H2,1-4,6H3;5-9H,1,3-4H3;4*1-2H3/b13-9+;10-9+;;;;. The third kappa shape index (κ3) is 14.6. The second kappa shape index (κ2) is 23.2. The van der Waals surface area contributed by atoms with Crippen LogP contribution in [0, 0.1) is 13.1 Å². The number of rotatable bonds is 3. The summed E-state index contributed by atoms with van der Waals surface area (Å²) in [5, 5.41) is 0. The minimum atomic E-state index is 0.205. The van der Waals surface area contributed by atoms with Crippen LogP contribution >= 0.6 is 0 Å². The maximum Gasteiger partial charge on any atom is 0.163 e. The molecule has 1 heterocycles. The van der Waals surface area contributed by atoms with Gasteiger partial charge in [-0.05, 0) is 74.9 Å². The number of anilines is 2. The molecule has 1 unspecified atom stereocenters. The zero-order valence-electron chi connectivity index (χ0n) is 29.3. The van der Waals surface area contributed by atoms with Gasteiger partial charge in [-0.2, -0.15) is 0 Å². The number of hydrogen-bond donors (Lipinski definition) is 0. The summed E-state index contributed by atoms with van der Waals surface area (Å²) in [5.74, 6) is 0.558. The van der Waals surface area contributed by atoms with Gasteiger partial charge in [0.1, 0.15) is 0 Å². The molecule has 41 heavy (non-hydrogen) atoms. The van der Waals surface area contributed by atoms with E-state index in [0.29, 0.717) is 11.6 Å². The van der Waals surface area contributed by atoms with Crippen LogP contribution in [0.4, 0.5) is 11.4 Å². The van der Waals surface area contributed by atoms with E-state index in [9.17, 15) is 0 Å². The Kier molecular flexibility index (Phi) is 23.8. The molecule has 0 saturated carbocycles. The lowest BCUT2D eigenvalue weighted by molar-refractivity contribution is 0.395. The molecule has 0 fully saturated rings. The molecule has 0 bridgehead atoms. The smallest absolute Gasteiger partial charge is 0.163 e. The van der Waals surface area contributed by atoms with Crippen LogP contribution in [0.15, 0.2) is 53.9 Å². The van der Waals surface area contributed by atoms with E-state index in [4.69, 9.17) is 13.1 Å². The summed E-state index contributed by atoms with van der Waals surface area (Å²) in [5.41, 5.74) is 7.74. The van der Waals surface area contributed by atoms with Crippen LogP contribution in [0.1, 0.15) is 119 Å². The van der Waals surface area contributed by atoms with E-state index in [-0.39, 0.29) is 5.54 Å². The average Bonchev–Trinajstić information content (AvgIpc) is 3.00.